The molecule has 7 nitrogen and oxygen atoms in total. The molecule has 2 unspecified atom stereocenters. The Morgan fingerprint density at radius 2 is 2.22 bits per heavy atom. The van der Waals surface area contributed by atoms with Crippen molar-refractivity contribution in [1.82, 2.24) is 14.9 Å². The Morgan fingerprint density at radius 3 is 2.72 bits per heavy atom. The van der Waals surface area contributed by atoms with E-state index in [9.17, 15) is 13.2 Å². The van der Waals surface area contributed by atoms with Gasteiger partial charge in [0.05, 0.1) is 5.69 Å². The highest BCUT2D eigenvalue weighted by atomic mass is 32.2. The first-order valence-corrected chi connectivity index (χ1v) is 7.09. The molecular weight excluding hydrogens is 258 g/mol. The molecule has 0 radical (unpaired) electrons. The molecule has 1 aromatic rings. The summed E-state index contributed by atoms with van der Waals surface area (Å²) < 4.78 is 26.5. The lowest BCUT2D eigenvalue weighted by atomic mass is 10.3. The van der Waals surface area contributed by atoms with E-state index in [-0.39, 0.29) is 10.6 Å². The molecule has 0 saturated heterocycles. The number of hydrogen-bond acceptors (Lipinski definition) is 4. The third-order valence-electron chi connectivity index (χ3n) is 3.17. The van der Waals surface area contributed by atoms with Gasteiger partial charge in [0.1, 0.15) is 4.90 Å². The van der Waals surface area contributed by atoms with Gasteiger partial charge in [-0.1, -0.05) is 6.92 Å². The molecule has 0 aliphatic heterocycles. The molecule has 3 N–H and O–H groups in total. The van der Waals surface area contributed by atoms with Crippen LogP contribution in [0.4, 0.5) is 0 Å². The van der Waals surface area contributed by atoms with Gasteiger partial charge in [-0.25, -0.2) is 17.9 Å². The van der Waals surface area contributed by atoms with Gasteiger partial charge in [0.2, 0.25) is 10.0 Å². The average molecular weight is 273 g/mol. The number of sulfonamides is 1. The number of hydrogen-bond donors (Lipinski definition) is 3. The highest BCUT2D eigenvalue weighted by Gasteiger charge is 2.35. The molecule has 1 saturated carbocycles. The number of carboxylic acids is 1. The van der Waals surface area contributed by atoms with Crippen LogP contribution in [-0.2, 0) is 10.0 Å². The third-order valence-corrected chi connectivity index (χ3v) is 4.76. The molecule has 100 valence electrons. The van der Waals surface area contributed by atoms with Crippen LogP contribution in [0.25, 0.3) is 0 Å². The minimum atomic E-state index is -3.83. The maximum absolute atomic E-state index is 12.0. The summed E-state index contributed by atoms with van der Waals surface area (Å²) in [4.78, 5) is 10.6. The first-order valence-electron chi connectivity index (χ1n) is 5.61. The van der Waals surface area contributed by atoms with Gasteiger partial charge in [-0.15, -0.1) is 0 Å². The molecule has 0 spiro atoms. The third kappa shape index (κ3) is 2.39. The van der Waals surface area contributed by atoms with E-state index >= 15 is 0 Å². The quantitative estimate of drug-likeness (QED) is 0.716. The van der Waals surface area contributed by atoms with Gasteiger partial charge in [0.15, 0.2) is 5.69 Å². The Kier molecular flexibility index (Phi) is 3.16. The van der Waals surface area contributed by atoms with Crippen LogP contribution >= 0.6 is 0 Å². The van der Waals surface area contributed by atoms with Crippen LogP contribution in [0.5, 0.6) is 0 Å². The van der Waals surface area contributed by atoms with Gasteiger partial charge in [-0.05, 0) is 25.2 Å². The van der Waals surface area contributed by atoms with E-state index < -0.39 is 21.7 Å². The summed E-state index contributed by atoms with van der Waals surface area (Å²) in [5.74, 6) is -0.489. The van der Waals surface area contributed by atoms with E-state index in [1.807, 2.05) is 6.92 Å². The second-order valence-corrected chi connectivity index (χ2v) is 6.36. The van der Waals surface area contributed by atoms with Crippen LogP contribution in [0.2, 0.25) is 0 Å². The highest BCUT2D eigenvalue weighted by molar-refractivity contribution is 7.89. The molecule has 1 aliphatic rings. The lowest BCUT2D eigenvalue weighted by molar-refractivity contribution is 0.0686. The van der Waals surface area contributed by atoms with Gasteiger partial charge in [0, 0.05) is 6.54 Å². The Balaban J connectivity index is 2.23. The van der Waals surface area contributed by atoms with Crippen LogP contribution in [0.3, 0.4) is 0 Å². The first-order chi connectivity index (χ1) is 8.33. The van der Waals surface area contributed by atoms with E-state index in [0.29, 0.717) is 18.4 Å². The summed E-state index contributed by atoms with van der Waals surface area (Å²) in [6, 6.07) is 0. The maximum Gasteiger partial charge on any atom is 0.357 e. The first kappa shape index (κ1) is 13.0. The van der Waals surface area contributed by atoms with Gasteiger partial charge in [-0.3, -0.25) is 5.10 Å². The Hall–Kier alpha value is -1.41. The molecular formula is C10H15N3O4S. The van der Waals surface area contributed by atoms with Crippen molar-refractivity contribution in [3.8, 4) is 0 Å². The summed E-state index contributed by atoms with van der Waals surface area (Å²) in [5.41, 5.74) is -0.243. The van der Waals surface area contributed by atoms with Crippen molar-refractivity contribution in [3.05, 3.63) is 11.4 Å². The van der Waals surface area contributed by atoms with Gasteiger partial charge in [-0.2, -0.15) is 5.10 Å². The normalized spacial score (nSPS) is 23.0. The van der Waals surface area contributed by atoms with Crippen LogP contribution < -0.4 is 4.72 Å². The molecule has 1 heterocycles. The van der Waals surface area contributed by atoms with Gasteiger partial charge in [0.25, 0.3) is 0 Å². The number of aryl methyl sites for hydroxylation is 1. The van der Waals surface area contributed by atoms with Crippen LogP contribution in [0, 0.1) is 18.8 Å². The fourth-order valence-corrected chi connectivity index (χ4v) is 3.28. The van der Waals surface area contributed by atoms with Gasteiger partial charge < -0.3 is 5.11 Å². The van der Waals surface area contributed by atoms with Crippen molar-refractivity contribution < 1.29 is 18.3 Å². The molecule has 8 heteroatoms. The zero-order valence-corrected chi connectivity index (χ0v) is 10.9. The van der Waals surface area contributed by atoms with E-state index in [2.05, 4.69) is 14.9 Å². The molecule has 1 aliphatic carbocycles. The van der Waals surface area contributed by atoms with Crippen molar-refractivity contribution in [3.63, 3.8) is 0 Å². The second kappa shape index (κ2) is 4.36. The Labute approximate surface area is 105 Å². The maximum atomic E-state index is 12.0. The summed E-state index contributed by atoms with van der Waals surface area (Å²) in [6.45, 7) is 3.87. The molecule has 18 heavy (non-hydrogen) atoms. The highest BCUT2D eigenvalue weighted by Crippen LogP contribution is 2.37. The number of carbonyl (C=O) groups is 1. The summed E-state index contributed by atoms with van der Waals surface area (Å²) in [6.07, 6.45) is 0.999. The van der Waals surface area contributed by atoms with E-state index in [4.69, 9.17) is 5.11 Å². The average Bonchev–Trinajstić information content (AvgIpc) is 2.81. The fourth-order valence-electron chi connectivity index (χ4n) is 1.87. The predicted octanol–water partition coefficient (Wildman–Crippen LogP) is 0.351. The number of aromatic carboxylic acids is 1. The largest absolute Gasteiger partial charge is 0.476 e. The minimum Gasteiger partial charge on any atom is -0.476 e. The number of rotatable bonds is 5. The van der Waals surface area contributed by atoms with Crippen molar-refractivity contribution in [2.75, 3.05) is 6.54 Å². The lowest BCUT2D eigenvalue weighted by Gasteiger charge is -2.06. The molecule has 0 bridgehead atoms. The van der Waals surface area contributed by atoms with E-state index in [0.717, 1.165) is 6.42 Å². The van der Waals surface area contributed by atoms with Crippen molar-refractivity contribution in [1.29, 1.82) is 0 Å². The Morgan fingerprint density at radius 1 is 1.61 bits per heavy atom. The summed E-state index contributed by atoms with van der Waals surface area (Å²) in [5, 5.41) is 14.8. The fraction of sp³-hybridized carbons (Fsp3) is 0.600. The summed E-state index contributed by atoms with van der Waals surface area (Å²) >= 11 is 0. The number of aromatic nitrogens is 2. The smallest absolute Gasteiger partial charge is 0.357 e. The molecule has 2 rings (SSSR count). The van der Waals surface area contributed by atoms with Crippen LogP contribution in [0.1, 0.15) is 29.5 Å². The van der Waals surface area contributed by atoms with Crippen molar-refractivity contribution in [2.24, 2.45) is 11.8 Å². The molecule has 0 aromatic carbocycles. The molecule has 2 atom stereocenters. The number of aromatic amines is 1. The number of nitrogens with one attached hydrogen (secondary N) is 2. The SMILES string of the molecule is Cc1[nH]nc(C(=O)O)c1S(=O)(=O)NCC1CC1C. The van der Waals surface area contributed by atoms with Gasteiger partial charge >= 0.3 is 5.97 Å². The monoisotopic (exact) mass is 273 g/mol. The zero-order chi connectivity index (χ0) is 13.5. The topological polar surface area (TPSA) is 112 Å². The minimum absolute atomic E-state index is 0.226. The standard InChI is InChI=1S/C10H15N3O4S/c1-5-3-7(5)4-11-18(16,17)9-6(2)12-13-8(9)10(14)15/h5,7,11H,3-4H2,1-2H3,(H,12,13)(H,14,15). The van der Waals surface area contributed by atoms with Crippen LogP contribution in [-0.4, -0.2) is 36.2 Å². The molecule has 0 amide bonds. The van der Waals surface area contributed by atoms with E-state index in [1.54, 1.807) is 0 Å². The predicted molar refractivity (Wildman–Crippen MR) is 62.7 cm³/mol. The molecule has 1 aromatic heterocycles. The molecule has 1 fully saturated rings. The van der Waals surface area contributed by atoms with Crippen LogP contribution in [0.15, 0.2) is 4.90 Å². The van der Waals surface area contributed by atoms with E-state index in [1.165, 1.54) is 6.92 Å². The number of carboxylic acid groups (broad SMARTS) is 1. The summed E-state index contributed by atoms with van der Waals surface area (Å²) in [7, 11) is -3.83. The second-order valence-electron chi connectivity index (χ2n) is 4.66. The lowest BCUT2D eigenvalue weighted by Crippen LogP contribution is -2.28. The number of nitrogens with zero attached hydrogens (tertiary/aromatic N) is 1. The van der Waals surface area contributed by atoms with Crippen molar-refractivity contribution >= 4 is 16.0 Å². The number of H-pyrrole nitrogens is 1. The Bertz CT molecular complexity index is 578. The zero-order valence-electron chi connectivity index (χ0n) is 10.1. The van der Waals surface area contributed by atoms with Crippen molar-refractivity contribution in [2.45, 2.75) is 25.2 Å².